The molecule has 2 fully saturated rings. The zero-order valence-corrected chi connectivity index (χ0v) is 12.1. The molecule has 6 nitrogen and oxygen atoms in total. The van der Waals surface area contributed by atoms with Crippen molar-refractivity contribution in [1.29, 1.82) is 0 Å². The molecule has 108 valence electrons. The Morgan fingerprint density at radius 2 is 2.25 bits per heavy atom. The smallest absolute Gasteiger partial charge is 0.308 e. The van der Waals surface area contributed by atoms with Gasteiger partial charge in [0.1, 0.15) is 4.88 Å². The summed E-state index contributed by atoms with van der Waals surface area (Å²) >= 11 is 1.13. The maximum Gasteiger partial charge on any atom is 0.308 e. The van der Waals surface area contributed by atoms with Crippen molar-refractivity contribution >= 4 is 23.4 Å². The minimum atomic E-state index is -0.786. The zero-order valence-electron chi connectivity index (χ0n) is 11.3. The molecule has 2 saturated heterocycles. The van der Waals surface area contributed by atoms with Crippen LogP contribution in [0.3, 0.4) is 0 Å². The van der Waals surface area contributed by atoms with Crippen molar-refractivity contribution in [3.63, 3.8) is 0 Å². The Morgan fingerprint density at radius 1 is 1.45 bits per heavy atom. The number of rotatable bonds is 4. The Hall–Kier alpha value is -1.50. The van der Waals surface area contributed by atoms with Gasteiger partial charge in [-0.2, -0.15) is 0 Å². The number of carboxylic acid groups (broad SMARTS) is 1. The summed E-state index contributed by atoms with van der Waals surface area (Å²) in [6.45, 7) is 2.04. The quantitative estimate of drug-likeness (QED) is 0.911. The molecule has 20 heavy (non-hydrogen) atoms. The molecule has 2 bridgehead atoms. The van der Waals surface area contributed by atoms with Crippen molar-refractivity contribution in [2.24, 2.45) is 5.92 Å². The van der Waals surface area contributed by atoms with Crippen LogP contribution in [0.1, 0.15) is 48.0 Å². The second kappa shape index (κ2) is 5.12. The molecule has 0 aliphatic carbocycles. The highest BCUT2D eigenvalue weighted by atomic mass is 32.1. The SMILES string of the molecule is CCCc1nnsc1C(=O)N1C2CCC1C(C(=O)O)C2. The van der Waals surface area contributed by atoms with Crippen LogP contribution in [0, 0.1) is 5.92 Å². The first-order valence-corrected chi connectivity index (χ1v) is 7.77. The van der Waals surface area contributed by atoms with Crippen molar-refractivity contribution < 1.29 is 14.7 Å². The van der Waals surface area contributed by atoms with Crippen molar-refractivity contribution in [1.82, 2.24) is 14.5 Å². The molecule has 3 rings (SSSR count). The lowest BCUT2D eigenvalue weighted by Crippen LogP contribution is -2.37. The summed E-state index contributed by atoms with van der Waals surface area (Å²) in [6.07, 6.45) is 3.94. The minimum absolute atomic E-state index is 0.0697. The highest BCUT2D eigenvalue weighted by Crippen LogP contribution is 2.43. The van der Waals surface area contributed by atoms with E-state index in [9.17, 15) is 14.7 Å². The van der Waals surface area contributed by atoms with E-state index in [1.807, 2.05) is 6.92 Å². The summed E-state index contributed by atoms with van der Waals surface area (Å²) in [5.41, 5.74) is 0.751. The number of amides is 1. The maximum absolute atomic E-state index is 12.7. The molecule has 3 heterocycles. The molecule has 0 spiro atoms. The third-order valence-electron chi connectivity index (χ3n) is 4.33. The molecular formula is C13H17N3O3S. The van der Waals surface area contributed by atoms with Gasteiger partial charge in [0, 0.05) is 12.1 Å². The fourth-order valence-electron chi connectivity index (χ4n) is 3.46. The number of carboxylic acids is 1. The first kappa shape index (κ1) is 13.5. The predicted molar refractivity (Wildman–Crippen MR) is 72.6 cm³/mol. The fourth-order valence-corrected chi connectivity index (χ4v) is 4.11. The van der Waals surface area contributed by atoms with E-state index in [4.69, 9.17) is 0 Å². The normalized spacial score (nSPS) is 28.1. The van der Waals surface area contributed by atoms with Crippen LogP contribution in [0.4, 0.5) is 0 Å². The van der Waals surface area contributed by atoms with Gasteiger partial charge in [-0.05, 0) is 37.2 Å². The first-order valence-electron chi connectivity index (χ1n) is 7.00. The van der Waals surface area contributed by atoms with Crippen molar-refractivity contribution in [3.05, 3.63) is 10.6 Å². The predicted octanol–water partition coefficient (Wildman–Crippen LogP) is 1.57. The molecule has 3 unspecified atom stereocenters. The average molecular weight is 295 g/mol. The number of carbonyl (C=O) groups excluding carboxylic acids is 1. The largest absolute Gasteiger partial charge is 0.481 e. The van der Waals surface area contributed by atoms with E-state index in [2.05, 4.69) is 9.59 Å². The fraction of sp³-hybridized carbons (Fsp3) is 0.692. The molecular weight excluding hydrogens is 278 g/mol. The Kier molecular flexibility index (Phi) is 3.45. The molecule has 7 heteroatoms. The molecule has 0 saturated carbocycles. The number of hydrogen-bond acceptors (Lipinski definition) is 5. The molecule has 1 N–H and O–H groups in total. The van der Waals surface area contributed by atoms with Crippen molar-refractivity contribution in [2.75, 3.05) is 0 Å². The van der Waals surface area contributed by atoms with Crippen LogP contribution < -0.4 is 0 Å². The lowest BCUT2D eigenvalue weighted by Gasteiger charge is -2.22. The monoisotopic (exact) mass is 295 g/mol. The van der Waals surface area contributed by atoms with E-state index < -0.39 is 11.9 Å². The van der Waals surface area contributed by atoms with E-state index in [-0.39, 0.29) is 18.0 Å². The molecule has 0 aromatic carbocycles. The van der Waals surface area contributed by atoms with E-state index in [0.717, 1.165) is 42.9 Å². The van der Waals surface area contributed by atoms with E-state index in [0.29, 0.717) is 11.3 Å². The number of carbonyl (C=O) groups is 2. The third-order valence-corrected chi connectivity index (χ3v) is 5.08. The summed E-state index contributed by atoms with van der Waals surface area (Å²) in [4.78, 5) is 26.3. The number of hydrogen-bond donors (Lipinski definition) is 1. The van der Waals surface area contributed by atoms with Crippen molar-refractivity contribution in [3.8, 4) is 0 Å². The summed E-state index contributed by atoms with van der Waals surface area (Å²) in [6, 6.07) is -0.0771. The molecule has 3 atom stereocenters. The van der Waals surface area contributed by atoms with E-state index in [1.165, 1.54) is 0 Å². The number of aromatic nitrogens is 2. The van der Waals surface area contributed by atoms with Gasteiger partial charge in [-0.15, -0.1) is 5.10 Å². The van der Waals surface area contributed by atoms with E-state index >= 15 is 0 Å². The third kappa shape index (κ3) is 2.00. The van der Waals surface area contributed by atoms with Crippen LogP contribution in [-0.4, -0.2) is 43.6 Å². The minimum Gasteiger partial charge on any atom is -0.481 e. The molecule has 1 amide bonds. The van der Waals surface area contributed by atoms with Crippen LogP contribution in [0.2, 0.25) is 0 Å². The van der Waals surface area contributed by atoms with E-state index in [1.54, 1.807) is 4.90 Å². The number of aryl methyl sites for hydroxylation is 1. The second-order valence-corrected chi connectivity index (χ2v) is 6.24. The molecule has 1 aromatic heterocycles. The van der Waals surface area contributed by atoms with Gasteiger partial charge < -0.3 is 10.0 Å². The standard InChI is InChI=1S/C13H17N3O3S/c1-2-3-9-11(20-15-14-9)12(17)16-7-4-5-10(16)8(6-7)13(18)19/h7-8,10H,2-6H2,1H3,(H,18,19). The molecule has 2 aliphatic heterocycles. The van der Waals surface area contributed by atoms with Crippen LogP contribution >= 0.6 is 11.5 Å². The number of aliphatic carboxylic acids is 1. The number of nitrogens with zero attached hydrogens (tertiary/aromatic N) is 3. The Bertz CT molecular complexity index is 545. The Balaban J connectivity index is 1.84. The van der Waals surface area contributed by atoms with Gasteiger partial charge in [0.25, 0.3) is 5.91 Å². The molecule has 0 radical (unpaired) electrons. The molecule has 2 aliphatic rings. The summed E-state index contributed by atoms with van der Waals surface area (Å²) in [5.74, 6) is -1.26. The topological polar surface area (TPSA) is 83.4 Å². The Labute approximate surface area is 121 Å². The maximum atomic E-state index is 12.7. The van der Waals surface area contributed by atoms with Crippen LogP contribution in [0.15, 0.2) is 0 Å². The second-order valence-electron chi connectivity index (χ2n) is 5.49. The number of fused-ring (bicyclic) bond motifs is 2. The lowest BCUT2D eigenvalue weighted by molar-refractivity contribution is -0.142. The van der Waals surface area contributed by atoms with Gasteiger partial charge in [-0.1, -0.05) is 17.8 Å². The zero-order chi connectivity index (χ0) is 14.3. The van der Waals surface area contributed by atoms with Crippen molar-refractivity contribution in [2.45, 2.75) is 51.1 Å². The van der Waals surface area contributed by atoms with Crippen LogP contribution in [0.5, 0.6) is 0 Å². The van der Waals surface area contributed by atoms with Gasteiger partial charge in [0.05, 0.1) is 11.6 Å². The van der Waals surface area contributed by atoms with Gasteiger partial charge in [0.2, 0.25) is 0 Å². The van der Waals surface area contributed by atoms with Crippen LogP contribution in [-0.2, 0) is 11.2 Å². The first-order chi connectivity index (χ1) is 9.63. The van der Waals surface area contributed by atoms with Gasteiger partial charge >= 0.3 is 5.97 Å². The highest BCUT2D eigenvalue weighted by Gasteiger charge is 2.51. The summed E-state index contributed by atoms with van der Waals surface area (Å²) < 4.78 is 3.89. The Morgan fingerprint density at radius 3 is 2.90 bits per heavy atom. The summed E-state index contributed by atoms with van der Waals surface area (Å²) in [7, 11) is 0. The highest BCUT2D eigenvalue weighted by molar-refractivity contribution is 7.08. The lowest BCUT2D eigenvalue weighted by atomic mass is 9.89. The van der Waals surface area contributed by atoms with Crippen LogP contribution in [0.25, 0.3) is 0 Å². The van der Waals surface area contributed by atoms with Gasteiger partial charge in [-0.3, -0.25) is 9.59 Å². The van der Waals surface area contributed by atoms with Gasteiger partial charge in [-0.25, -0.2) is 0 Å². The summed E-state index contributed by atoms with van der Waals surface area (Å²) in [5, 5.41) is 13.3. The van der Waals surface area contributed by atoms with Gasteiger partial charge in [0.15, 0.2) is 0 Å². The average Bonchev–Trinajstić information content (AvgIpc) is 3.11. The molecule has 1 aromatic rings.